The molecule has 1 N–H and O–H groups in total. The monoisotopic (exact) mass is 486 g/mol. The van der Waals surface area contributed by atoms with Gasteiger partial charge in [0.25, 0.3) is 5.91 Å². The summed E-state index contributed by atoms with van der Waals surface area (Å²) >= 11 is 0. The number of carbonyl (C=O) groups excluding carboxylic acids is 2. The number of ether oxygens (including phenoxy) is 3. The molecule has 3 rings (SSSR count). The van der Waals surface area contributed by atoms with E-state index in [2.05, 4.69) is 5.32 Å². The van der Waals surface area contributed by atoms with Crippen LogP contribution in [-0.2, 0) is 16.1 Å². The van der Waals surface area contributed by atoms with Gasteiger partial charge in [-0.2, -0.15) is 0 Å². The lowest BCUT2D eigenvalue weighted by molar-refractivity contribution is -0.0388. The van der Waals surface area contributed by atoms with E-state index in [4.69, 9.17) is 18.6 Å². The van der Waals surface area contributed by atoms with Crippen molar-refractivity contribution in [3.63, 3.8) is 0 Å². The van der Waals surface area contributed by atoms with Gasteiger partial charge in [-0.15, -0.1) is 0 Å². The third kappa shape index (κ3) is 6.85. The minimum atomic E-state index is -0.841. The van der Waals surface area contributed by atoms with Gasteiger partial charge in [-0.1, -0.05) is 30.3 Å². The second-order valence-electron chi connectivity index (χ2n) is 9.50. The van der Waals surface area contributed by atoms with Crippen molar-refractivity contribution in [2.45, 2.75) is 58.3 Å². The minimum Gasteiger partial charge on any atom is -0.481 e. The first kappa shape index (κ1) is 26.3. The fraction of sp³-hybridized carbons (Fsp3) is 0.500. The normalized spacial score (nSPS) is 17.9. The van der Waals surface area contributed by atoms with Crippen LogP contribution in [0.5, 0.6) is 5.75 Å². The maximum Gasteiger partial charge on any atom is 0.407 e. The Kier molecular flexibility index (Phi) is 8.56. The predicted octanol–water partition coefficient (Wildman–Crippen LogP) is 3.75. The number of hydrogen-bond donors (Lipinski definition) is 1. The van der Waals surface area contributed by atoms with Crippen LogP contribution in [0.4, 0.5) is 4.79 Å². The number of alkyl carbamates (subject to hydrolysis) is 1. The quantitative estimate of drug-likeness (QED) is 0.605. The molecule has 35 heavy (non-hydrogen) atoms. The molecule has 0 saturated carbocycles. The van der Waals surface area contributed by atoms with Crippen molar-refractivity contribution in [2.24, 2.45) is 0 Å². The van der Waals surface area contributed by atoms with Gasteiger partial charge in [0.15, 0.2) is 0 Å². The first-order valence-electron chi connectivity index (χ1n) is 11.8. The van der Waals surface area contributed by atoms with Gasteiger partial charge >= 0.3 is 6.09 Å². The summed E-state index contributed by atoms with van der Waals surface area (Å²) in [4.78, 5) is 40.3. The van der Waals surface area contributed by atoms with Crippen LogP contribution in [0.2, 0.25) is 0 Å². The van der Waals surface area contributed by atoms with Gasteiger partial charge in [0.05, 0.1) is 18.4 Å². The van der Waals surface area contributed by atoms with Crippen LogP contribution >= 0.6 is 0 Å². The summed E-state index contributed by atoms with van der Waals surface area (Å²) < 4.78 is 22.4. The number of rotatable bonds is 8. The molecule has 0 radical (unpaired) electrons. The van der Waals surface area contributed by atoms with Crippen molar-refractivity contribution in [1.29, 1.82) is 0 Å². The fourth-order valence-electron chi connectivity index (χ4n) is 4.07. The van der Waals surface area contributed by atoms with Crippen molar-refractivity contribution >= 4 is 12.0 Å². The molecule has 0 aliphatic carbocycles. The molecule has 1 aliphatic rings. The Bertz CT molecular complexity index is 1050. The van der Waals surface area contributed by atoms with Crippen molar-refractivity contribution in [2.75, 3.05) is 26.3 Å². The molecule has 0 bridgehead atoms. The second kappa shape index (κ2) is 11.4. The van der Waals surface area contributed by atoms with Gasteiger partial charge in [0.1, 0.15) is 12.2 Å². The molecular weight excluding hydrogens is 452 g/mol. The van der Waals surface area contributed by atoms with E-state index in [9.17, 15) is 14.4 Å². The van der Waals surface area contributed by atoms with E-state index >= 15 is 0 Å². The minimum absolute atomic E-state index is 0.108. The summed E-state index contributed by atoms with van der Waals surface area (Å²) in [6, 6.07) is 10.5. The Morgan fingerprint density at radius 2 is 1.91 bits per heavy atom. The number of amides is 2. The summed E-state index contributed by atoms with van der Waals surface area (Å²) in [6.07, 6.45) is 1.90. The Labute approximate surface area is 205 Å². The van der Waals surface area contributed by atoms with E-state index in [0.29, 0.717) is 26.0 Å². The molecule has 1 aromatic heterocycles. The Hall–Kier alpha value is -3.33. The molecule has 1 aliphatic heterocycles. The smallest absolute Gasteiger partial charge is 0.407 e. The van der Waals surface area contributed by atoms with Gasteiger partial charge in [0, 0.05) is 25.8 Å². The molecule has 1 atom stereocenters. The summed E-state index contributed by atoms with van der Waals surface area (Å²) in [7, 11) is 0. The first-order valence-corrected chi connectivity index (χ1v) is 11.8. The van der Waals surface area contributed by atoms with E-state index in [1.807, 2.05) is 37.3 Å². The number of likely N-dealkylation sites (N-methyl/N-ethyl adjacent to an activating group) is 1. The molecule has 190 valence electrons. The lowest BCUT2D eigenvalue weighted by Gasteiger charge is -2.45. The highest BCUT2D eigenvalue weighted by Gasteiger charge is 2.43. The highest BCUT2D eigenvalue weighted by molar-refractivity contribution is 5.94. The van der Waals surface area contributed by atoms with Crippen LogP contribution in [0.3, 0.4) is 0 Å². The molecular formula is C26H34N2O7. The zero-order valence-corrected chi connectivity index (χ0v) is 20.8. The summed E-state index contributed by atoms with van der Waals surface area (Å²) in [6.45, 7) is 8.48. The molecule has 0 spiro atoms. The average molecular weight is 487 g/mol. The highest BCUT2D eigenvalue weighted by Crippen LogP contribution is 2.29. The topological polar surface area (TPSA) is 107 Å². The van der Waals surface area contributed by atoms with Crippen molar-refractivity contribution in [3.05, 3.63) is 64.2 Å². The zero-order valence-electron chi connectivity index (χ0n) is 20.8. The van der Waals surface area contributed by atoms with E-state index in [-0.39, 0.29) is 31.3 Å². The Morgan fingerprint density at radius 1 is 1.17 bits per heavy atom. The molecule has 2 amide bonds. The van der Waals surface area contributed by atoms with Crippen LogP contribution < -0.4 is 15.5 Å². The van der Waals surface area contributed by atoms with Gasteiger partial charge in [-0.3, -0.25) is 9.59 Å². The van der Waals surface area contributed by atoms with E-state index in [0.717, 1.165) is 5.56 Å². The molecule has 9 nitrogen and oxygen atoms in total. The highest BCUT2D eigenvalue weighted by atomic mass is 16.6. The molecule has 1 unspecified atom stereocenters. The average Bonchev–Trinajstić information content (AvgIpc) is 2.82. The maximum atomic E-state index is 13.8. The van der Waals surface area contributed by atoms with Crippen LogP contribution in [0.1, 0.15) is 56.7 Å². The van der Waals surface area contributed by atoms with Gasteiger partial charge < -0.3 is 28.8 Å². The number of benzene rings is 1. The molecule has 1 saturated heterocycles. The standard InChI is InChI=1S/C26H34N2O7/c1-5-28(26(13-9-14-32-18-26)17-27-24(31)35-25(2,3)4)23(30)22-21(20(29)12-15-33-22)34-16-19-10-7-6-8-11-19/h6-8,10-12,15H,5,9,13-14,16-18H2,1-4H3,(H,27,31). The lowest BCUT2D eigenvalue weighted by atomic mass is 9.89. The Balaban J connectivity index is 1.86. The first-order chi connectivity index (χ1) is 16.6. The van der Waals surface area contributed by atoms with Gasteiger partial charge in [-0.05, 0) is 46.1 Å². The number of nitrogens with zero attached hydrogens (tertiary/aromatic N) is 1. The summed E-state index contributed by atoms with van der Waals surface area (Å²) in [5.41, 5.74) is -1.10. The van der Waals surface area contributed by atoms with Crippen LogP contribution in [0.25, 0.3) is 0 Å². The van der Waals surface area contributed by atoms with Crippen LogP contribution in [-0.4, -0.2) is 54.3 Å². The molecule has 9 heteroatoms. The number of carbonyl (C=O) groups is 2. The van der Waals surface area contributed by atoms with Gasteiger partial charge in [-0.25, -0.2) is 4.79 Å². The zero-order chi connectivity index (χ0) is 25.5. The molecule has 1 fully saturated rings. The number of hydrogen-bond acceptors (Lipinski definition) is 7. The number of nitrogens with one attached hydrogen (secondary N) is 1. The van der Waals surface area contributed by atoms with Crippen molar-refractivity contribution < 1.29 is 28.2 Å². The van der Waals surface area contributed by atoms with Crippen LogP contribution in [0.15, 0.2) is 51.9 Å². The maximum absolute atomic E-state index is 13.8. The van der Waals surface area contributed by atoms with E-state index in [1.54, 1.807) is 25.7 Å². The van der Waals surface area contributed by atoms with E-state index < -0.39 is 28.6 Å². The van der Waals surface area contributed by atoms with E-state index in [1.165, 1.54) is 12.3 Å². The third-order valence-electron chi connectivity index (χ3n) is 5.65. The summed E-state index contributed by atoms with van der Waals surface area (Å²) in [5.74, 6) is -0.839. The lowest BCUT2D eigenvalue weighted by Crippen LogP contribution is -2.62. The van der Waals surface area contributed by atoms with Gasteiger partial charge in [0.2, 0.25) is 16.9 Å². The molecule has 2 aromatic rings. The Morgan fingerprint density at radius 3 is 2.54 bits per heavy atom. The SMILES string of the molecule is CCN(C(=O)c1occc(=O)c1OCc1ccccc1)C1(CNC(=O)OC(C)(C)C)CCCOC1. The van der Waals surface area contributed by atoms with Crippen molar-refractivity contribution in [3.8, 4) is 5.75 Å². The van der Waals surface area contributed by atoms with Crippen molar-refractivity contribution in [1.82, 2.24) is 10.2 Å². The van der Waals surface area contributed by atoms with Crippen LogP contribution in [0, 0.1) is 0 Å². The molecule has 1 aromatic carbocycles. The summed E-state index contributed by atoms with van der Waals surface area (Å²) in [5, 5.41) is 2.78. The fourth-order valence-corrected chi connectivity index (χ4v) is 4.07. The third-order valence-corrected chi connectivity index (χ3v) is 5.65. The predicted molar refractivity (Wildman–Crippen MR) is 129 cm³/mol. The second-order valence-corrected chi connectivity index (χ2v) is 9.50. The largest absolute Gasteiger partial charge is 0.481 e. The molecule has 2 heterocycles.